The van der Waals surface area contributed by atoms with Gasteiger partial charge in [-0.25, -0.2) is 0 Å². The molecule has 1 heterocycles. The Morgan fingerprint density at radius 3 is 2.88 bits per heavy atom. The molecule has 2 rings (SSSR count). The number of rotatable bonds is 1. The van der Waals surface area contributed by atoms with E-state index in [9.17, 15) is 0 Å². The third-order valence-electron chi connectivity index (χ3n) is 2.73. The highest BCUT2D eigenvalue weighted by molar-refractivity contribution is 7.39. The van der Waals surface area contributed by atoms with E-state index >= 15 is 0 Å². The van der Waals surface area contributed by atoms with Crippen molar-refractivity contribution < 1.29 is 0 Å². The molecule has 0 fully saturated rings. The third kappa shape index (κ3) is 2.61. The quantitative estimate of drug-likeness (QED) is 0.498. The topological polar surface area (TPSA) is 0 Å². The van der Waals surface area contributed by atoms with Gasteiger partial charge in [0, 0.05) is 11.7 Å². The first-order valence-corrected chi connectivity index (χ1v) is 6.61. The van der Waals surface area contributed by atoms with Crippen LogP contribution in [0.5, 0.6) is 0 Å². The van der Waals surface area contributed by atoms with E-state index in [1.807, 2.05) is 0 Å². The summed E-state index contributed by atoms with van der Waals surface area (Å²) in [6.45, 7) is 4.30. The zero-order valence-electron chi connectivity index (χ0n) is 9.70. The van der Waals surface area contributed by atoms with Gasteiger partial charge in [0.15, 0.2) is 0 Å². The molecule has 0 nitrogen and oxygen atoms in total. The molecule has 16 heavy (non-hydrogen) atoms. The summed E-state index contributed by atoms with van der Waals surface area (Å²) in [5.41, 5.74) is 8.47. The first-order chi connectivity index (χ1) is 7.77. The van der Waals surface area contributed by atoms with E-state index in [-0.39, 0.29) is 0 Å². The Morgan fingerprint density at radius 2 is 2.06 bits per heavy atom. The molecule has 1 heteroatoms. The van der Waals surface area contributed by atoms with E-state index in [0.29, 0.717) is 0 Å². The molecule has 0 radical (unpaired) electrons. The molecular formula is C15H15P. The predicted molar refractivity (Wildman–Crippen MR) is 74.4 cm³/mol. The van der Waals surface area contributed by atoms with E-state index in [0.717, 1.165) is 6.16 Å². The lowest BCUT2D eigenvalue weighted by Gasteiger charge is -2.04. The highest BCUT2D eigenvalue weighted by Crippen LogP contribution is 2.19. The van der Waals surface area contributed by atoms with Crippen molar-refractivity contribution in [3.8, 4) is 0 Å². The zero-order chi connectivity index (χ0) is 11.4. The van der Waals surface area contributed by atoms with Crippen LogP contribution < -0.4 is 0 Å². The molecule has 1 aromatic carbocycles. The molecule has 0 saturated carbocycles. The molecule has 0 aromatic heterocycles. The maximum absolute atomic E-state index is 3.36. The van der Waals surface area contributed by atoms with Gasteiger partial charge in [0.1, 0.15) is 0 Å². The molecule has 0 bridgehead atoms. The minimum absolute atomic E-state index is 1.05. The van der Waals surface area contributed by atoms with Crippen molar-refractivity contribution in [2.45, 2.75) is 13.8 Å². The van der Waals surface area contributed by atoms with Gasteiger partial charge in [-0.2, -0.15) is 0 Å². The molecular weight excluding hydrogens is 211 g/mol. The number of aryl methyl sites for hydroxylation is 2. The van der Waals surface area contributed by atoms with Crippen LogP contribution >= 0.6 is 8.20 Å². The summed E-state index contributed by atoms with van der Waals surface area (Å²) in [6.07, 6.45) is 7.42. The largest absolute Gasteiger partial charge is 0.116 e. The SMILES string of the molecule is Cc1ccc(C2=C=CCP=CC=C2)cc1C. The second kappa shape index (κ2) is 5.12. The van der Waals surface area contributed by atoms with Crippen LogP contribution in [0.25, 0.3) is 5.57 Å². The van der Waals surface area contributed by atoms with Crippen molar-refractivity contribution in [1.29, 1.82) is 0 Å². The molecule has 0 aliphatic carbocycles. The summed E-state index contributed by atoms with van der Waals surface area (Å²) in [7, 11) is 1.34. The van der Waals surface area contributed by atoms with Gasteiger partial charge in [-0.3, -0.25) is 0 Å². The normalized spacial score (nSPS) is 15.5. The number of allylic oxidation sites excluding steroid dienone is 3. The van der Waals surface area contributed by atoms with E-state index in [1.54, 1.807) is 0 Å². The van der Waals surface area contributed by atoms with Crippen LogP contribution in [0.4, 0.5) is 0 Å². The molecule has 0 unspecified atom stereocenters. The van der Waals surface area contributed by atoms with Crippen LogP contribution in [-0.4, -0.2) is 12.0 Å². The van der Waals surface area contributed by atoms with Crippen molar-refractivity contribution in [1.82, 2.24) is 0 Å². The minimum Gasteiger partial charge on any atom is -0.116 e. The fourth-order valence-electron chi connectivity index (χ4n) is 1.61. The highest BCUT2D eigenvalue weighted by atomic mass is 31.1. The first-order valence-electron chi connectivity index (χ1n) is 5.46. The number of hydrogen-bond donors (Lipinski definition) is 0. The lowest BCUT2D eigenvalue weighted by atomic mass is 10.0. The Hall–Kier alpha value is -1.35. The Kier molecular flexibility index (Phi) is 3.57. The van der Waals surface area contributed by atoms with Crippen LogP contribution in [0, 0.1) is 13.8 Å². The molecule has 1 aliphatic heterocycles. The second-order valence-corrected chi connectivity index (χ2v) is 4.96. The lowest BCUT2D eigenvalue weighted by molar-refractivity contribution is 1.33. The molecule has 0 amide bonds. The number of hydrogen-bond acceptors (Lipinski definition) is 0. The summed E-state index contributed by atoms with van der Waals surface area (Å²) in [5.74, 6) is 2.18. The Morgan fingerprint density at radius 1 is 1.19 bits per heavy atom. The van der Waals surface area contributed by atoms with Crippen LogP contribution in [0.15, 0.2) is 42.2 Å². The molecule has 0 atom stereocenters. The monoisotopic (exact) mass is 226 g/mol. The van der Waals surface area contributed by atoms with E-state index in [1.165, 1.54) is 30.5 Å². The highest BCUT2D eigenvalue weighted by Gasteiger charge is 1.99. The summed E-state index contributed by atoms with van der Waals surface area (Å²) in [5, 5.41) is 0. The van der Waals surface area contributed by atoms with Crippen molar-refractivity contribution in [3.63, 3.8) is 0 Å². The van der Waals surface area contributed by atoms with Crippen LogP contribution in [0.2, 0.25) is 0 Å². The average molecular weight is 226 g/mol. The molecule has 0 saturated heterocycles. The standard InChI is InChI=1S/C15H15P/c1-12-7-8-15(11-13(12)2)14-5-3-9-16-10-4-6-14/h3-5,7-9,11H,10H2,1-2H3. The van der Waals surface area contributed by atoms with E-state index in [2.05, 4.69) is 61.8 Å². The number of benzene rings is 1. The van der Waals surface area contributed by atoms with Gasteiger partial charge in [0.05, 0.1) is 0 Å². The first kappa shape index (κ1) is 11.1. The zero-order valence-corrected chi connectivity index (χ0v) is 10.6. The maximum Gasteiger partial charge on any atom is 0.0234 e. The van der Waals surface area contributed by atoms with Crippen molar-refractivity contribution in [3.05, 3.63) is 58.8 Å². The Labute approximate surface area is 98.8 Å². The third-order valence-corrected chi connectivity index (χ3v) is 3.50. The minimum atomic E-state index is 1.05. The Bertz CT molecular complexity index is 512. The Balaban J connectivity index is 2.43. The summed E-state index contributed by atoms with van der Waals surface area (Å²) in [6, 6.07) is 6.57. The predicted octanol–water partition coefficient (Wildman–Crippen LogP) is 4.16. The van der Waals surface area contributed by atoms with Crippen molar-refractivity contribution in [2.75, 3.05) is 6.16 Å². The van der Waals surface area contributed by atoms with Crippen LogP contribution in [-0.2, 0) is 0 Å². The molecule has 1 aromatic rings. The second-order valence-electron chi connectivity index (χ2n) is 3.93. The van der Waals surface area contributed by atoms with Crippen LogP contribution in [0.3, 0.4) is 0 Å². The molecule has 0 N–H and O–H groups in total. The van der Waals surface area contributed by atoms with Gasteiger partial charge in [0.25, 0.3) is 0 Å². The van der Waals surface area contributed by atoms with Crippen molar-refractivity contribution >= 4 is 19.6 Å². The lowest BCUT2D eigenvalue weighted by Crippen LogP contribution is -1.86. The summed E-state index contributed by atoms with van der Waals surface area (Å²) < 4.78 is 0. The van der Waals surface area contributed by atoms with Gasteiger partial charge >= 0.3 is 0 Å². The molecule has 1 aliphatic rings. The summed E-state index contributed by atoms with van der Waals surface area (Å²) in [4.78, 5) is 0. The van der Waals surface area contributed by atoms with Gasteiger partial charge in [-0.15, -0.1) is 5.73 Å². The molecule has 0 spiro atoms. The van der Waals surface area contributed by atoms with Gasteiger partial charge in [-0.05, 0) is 48.5 Å². The van der Waals surface area contributed by atoms with Crippen LogP contribution in [0.1, 0.15) is 16.7 Å². The average Bonchev–Trinajstić information content (AvgIpc) is 2.22. The maximum atomic E-state index is 3.36. The van der Waals surface area contributed by atoms with Gasteiger partial charge in [-0.1, -0.05) is 32.5 Å². The fraction of sp³-hybridized carbons (Fsp3) is 0.200. The smallest absolute Gasteiger partial charge is 0.0234 e. The van der Waals surface area contributed by atoms with E-state index < -0.39 is 0 Å². The summed E-state index contributed by atoms with van der Waals surface area (Å²) >= 11 is 0. The van der Waals surface area contributed by atoms with E-state index in [4.69, 9.17) is 0 Å². The van der Waals surface area contributed by atoms with Crippen molar-refractivity contribution in [2.24, 2.45) is 0 Å². The van der Waals surface area contributed by atoms with Gasteiger partial charge in [0.2, 0.25) is 0 Å². The van der Waals surface area contributed by atoms with Gasteiger partial charge < -0.3 is 0 Å². The molecule has 80 valence electrons. The fourth-order valence-corrected chi connectivity index (χ4v) is 2.13.